The van der Waals surface area contributed by atoms with Gasteiger partial charge in [-0.3, -0.25) is 9.79 Å². The van der Waals surface area contributed by atoms with Crippen molar-refractivity contribution < 1.29 is 4.79 Å². The molecule has 1 unspecified atom stereocenters. The second-order valence-corrected chi connectivity index (χ2v) is 3.23. The quantitative estimate of drug-likeness (QED) is 0.341. The van der Waals surface area contributed by atoms with Crippen molar-refractivity contribution in [2.75, 3.05) is 0 Å². The summed E-state index contributed by atoms with van der Waals surface area (Å²) in [5.41, 5.74) is 0.610. The Hall–Kier alpha value is -0.660. The predicted octanol–water partition coefficient (Wildman–Crippen LogP) is 2.62. The highest BCUT2D eigenvalue weighted by molar-refractivity contribution is 6.27. The highest BCUT2D eigenvalue weighted by Gasteiger charge is 1.98. The molecule has 0 aromatic carbocycles. The summed E-state index contributed by atoms with van der Waals surface area (Å²) in [5, 5.41) is 0. The fourth-order valence-corrected chi connectivity index (χ4v) is 1.13. The number of hydrogen-bond donors (Lipinski definition) is 0. The maximum atomic E-state index is 10.2. The number of aliphatic imine (C=N–C) groups is 1. The van der Waals surface area contributed by atoms with Crippen LogP contribution in [0.2, 0.25) is 0 Å². The summed E-state index contributed by atoms with van der Waals surface area (Å²) in [7, 11) is 0. The van der Waals surface area contributed by atoms with Crippen LogP contribution in [0.1, 0.15) is 46.5 Å². The Bertz CT molecular complexity index is 152. The summed E-state index contributed by atoms with van der Waals surface area (Å²) in [6.45, 7) is 6.00. The van der Waals surface area contributed by atoms with Gasteiger partial charge in [0, 0.05) is 6.04 Å². The lowest BCUT2D eigenvalue weighted by Gasteiger charge is -2.04. The van der Waals surface area contributed by atoms with Crippen molar-refractivity contribution in [2.45, 2.75) is 52.5 Å². The number of hydrogen-bond acceptors (Lipinski definition) is 2. The molecule has 0 aromatic rings. The van der Waals surface area contributed by atoms with Crippen molar-refractivity contribution in [3.05, 3.63) is 0 Å². The normalized spacial score (nSPS) is 14.4. The van der Waals surface area contributed by atoms with Gasteiger partial charge >= 0.3 is 0 Å². The Balaban J connectivity index is 3.58. The van der Waals surface area contributed by atoms with E-state index in [0.29, 0.717) is 11.8 Å². The van der Waals surface area contributed by atoms with Crippen molar-refractivity contribution in [2.24, 2.45) is 4.99 Å². The van der Waals surface area contributed by atoms with Gasteiger partial charge in [0.1, 0.15) is 0 Å². The molecule has 0 aliphatic rings. The van der Waals surface area contributed by atoms with Crippen molar-refractivity contribution in [3.8, 4) is 0 Å². The standard InChI is InChI=1S/C10H19NO/c1-4-5-6-7-9(2)11-10(3)8-12/h8-9H,4-7H2,1-3H3. The zero-order chi connectivity index (χ0) is 9.40. The van der Waals surface area contributed by atoms with Crippen molar-refractivity contribution >= 4 is 12.0 Å². The van der Waals surface area contributed by atoms with Gasteiger partial charge in [0.05, 0.1) is 5.71 Å². The van der Waals surface area contributed by atoms with Crippen molar-refractivity contribution in [1.82, 2.24) is 0 Å². The average molecular weight is 169 g/mol. The zero-order valence-electron chi connectivity index (χ0n) is 8.34. The van der Waals surface area contributed by atoms with E-state index >= 15 is 0 Å². The molecule has 0 aliphatic heterocycles. The predicted molar refractivity (Wildman–Crippen MR) is 52.8 cm³/mol. The van der Waals surface area contributed by atoms with E-state index in [4.69, 9.17) is 0 Å². The van der Waals surface area contributed by atoms with E-state index in [9.17, 15) is 4.79 Å². The topological polar surface area (TPSA) is 29.4 Å². The molecule has 2 nitrogen and oxygen atoms in total. The molecule has 70 valence electrons. The molecule has 0 heterocycles. The smallest absolute Gasteiger partial charge is 0.163 e. The van der Waals surface area contributed by atoms with Gasteiger partial charge in [0.2, 0.25) is 0 Å². The maximum absolute atomic E-state index is 10.2. The van der Waals surface area contributed by atoms with Gasteiger partial charge in [-0.1, -0.05) is 26.2 Å². The first-order chi connectivity index (χ1) is 5.70. The molecule has 0 amide bonds. The van der Waals surface area contributed by atoms with E-state index in [0.717, 1.165) is 12.7 Å². The summed E-state index contributed by atoms with van der Waals surface area (Å²) in [6, 6.07) is 0.307. The lowest BCUT2D eigenvalue weighted by Crippen LogP contribution is -2.03. The molecule has 0 aromatic heterocycles. The monoisotopic (exact) mass is 169 g/mol. The second-order valence-electron chi connectivity index (χ2n) is 3.23. The van der Waals surface area contributed by atoms with Crippen LogP contribution < -0.4 is 0 Å². The molecule has 12 heavy (non-hydrogen) atoms. The van der Waals surface area contributed by atoms with Crippen LogP contribution in [-0.2, 0) is 4.79 Å². The Labute approximate surface area is 75.1 Å². The van der Waals surface area contributed by atoms with Gasteiger partial charge in [-0.25, -0.2) is 0 Å². The lowest BCUT2D eigenvalue weighted by molar-refractivity contribution is -0.102. The first-order valence-corrected chi connectivity index (χ1v) is 4.70. The summed E-state index contributed by atoms with van der Waals surface area (Å²) in [4.78, 5) is 14.5. The molecule has 0 saturated carbocycles. The van der Waals surface area contributed by atoms with Gasteiger partial charge in [0.25, 0.3) is 0 Å². The highest BCUT2D eigenvalue weighted by Crippen LogP contribution is 2.05. The van der Waals surface area contributed by atoms with Gasteiger partial charge in [-0.15, -0.1) is 0 Å². The summed E-state index contributed by atoms with van der Waals surface area (Å²) < 4.78 is 0. The molecule has 0 fully saturated rings. The summed E-state index contributed by atoms with van der Waals surface area (Å²) in [6.07, 6.45) is 5.63. The van der Waals surface area contributed by atoms with Crippen LogP contribution in [0.15, 0.2) is 4.99 Å². The molecule has 0 N–H and O–H groups in total. The highest BCUT2D eigenvalue weighted by atomic mass is 16.1. The molecular formula is C10H19NO. The SMILES string of the molecule is CCCCCC(C)N=C(C)C=O. The molecule has 2 heteroatoms. The van der Waals surface area contributed by atoms with E-state index in [2.05, 4.69) is 18.8 Å². The minimum absolute atomic E-state index is 0.307. The second kappa shape index (κ2) is 7.01. The van der Waals surface area contributed by atoms with E-state index in [1.165, 1.54) is 19.3 Å². The number of unbranched alkanes of at least 4 members (excludes halogenated alkanes) is 2. The summed E-state index contributed by atoms with van der Waals surface area (Å²) in [5.74, 6) is 0. The third-order valence-electron chi connectivity index (χ3n) is 1.82. The third-order valence-corrected chi connectivity index (χ3v) is 1.82. The van der Waals surface area contributed by atoms with Gasteiger partial charge in [-0.2, -0.15) is 0 Å². The van der Waals surface area contributed by atoms with E-state index in [-0.39, 0.29) is 0 Å². The summed E-state index contributed by atoms with van der Waals surface area (Å²) >= 11 is 0. The largest absolute Gasteiger partial charge is 0.297 e. The Morgan fingerprint density at radius 3 is 2.67 bits per heavy atom. The van der Waals surface area contributed by atoms with Crippen molar-refractivity contribution in [1.29, 1.82) is 0 Å². The average Bonchev–Trinajstić information content (AvgIpc) is 2.05. The van der Waals surface area contributed by atoms with E-state index < -0.39 is 0 Å². The number of nitrogens with zero attached hydrogens (tertiary/aromatic N) is 1. The minimum Gasteiger partial charge on any atom is -0.297 e. The molecule has 0 radical (unpaired) electrons. The number of carbonyl (C=O) groups excluding carboxylic acids is 1. The molecule has 0 saturated heterocycles. The first kappa shape index (κ1) is 11.3. The Morgan fingerprint density at radius 1 is 1.50 bits per heavy atom. The van der Waals surface area contributed by atoms with E-state index in [1.807, 2.05) is 0 Å². The zero-order valence-corrected chi connectivity index (χ0v) is 8.34. The fraction of sp³-hybridized carbons (Fsp3) is 0.800. The maximum Gasteiger partial charge on any atom is 0.163 e. The van der Waals surface area contributed by atoms with Gasteiger partial charge in [-0.05, 0) is 20.3 Å². The molecule has 1 atom stereocenters. The molecule has 0 bridgehead atoms. The van der Waals surface area contributed by atoms with Crippen LogP contribution in [0.25, 0.3) is 0 Å². The van der Waals surface area contributed by atoms with E-state index in [1.54, 1.807) is 6.92 Å². The van der Waals surface area contributed by atoms with Crippen LogP contribution in [-0.4, -0.2) is 18.0 Å². The van der Waals surface area contributed by atoms with Crippen LogP contribution in [0.3, 0.4) is 0 Å². The van der Waals surface area contributed by atoms with Crippen LogP contribution in [0.4, 0.5) is 0 Å². The molecule has 0 rings (SSSR count). The Morgan fingerprint density at radius 2 is 2.17 bits per heavy atom. The molecule has 0 spiro atoms. The Kier molecular flexibility index (Phi) is 6.63. The fourth-order valence-electron chi connectivity index (χ4n) is 1.13. The van der Waals surface area contributed by atoms with Crippen LogP contribution in [0, 0.1) is 0 Å². The minimum atomic E-state index is 0.307. The first-order valence-electron chi connectivity index (χ1n) is 4.70. The lowest BCUT2D eigenvalue weighted by atomic mass is 10.1. The van der Waals surface area contributed by atoms with Gasteiger partial charge in [0.15, 0.2) is 6.29 Å². The van der Waals surface area contributed by atoms with Crippen molar-refractivity contribution in [3.63, 3.8) is 0 Å². The van der Waals surface area contributed by atoms with Gasteiger partial charge < -0.3 is 0 Å². The van der Waals surface area contributed by atoms with Crippen LogP contribution >= 0.6 is 0 Å². The number of aldehydes is 1. The van der Waals surface area contributed by atoms with Crippen LogP contribution in [0.5, 0.6) is 0 Å². The molecule has 0 aliphatic carbocycles. The number of rotatable bonds is 6. The third kappa shape index (κ3) is 6.08. The molecular weight excluding hydrogens is 150 g/mol. The number of carbonyl (C=O) groups is 1.